The lowest BCUT2D eigenvalue weighted by Gasteiger charge is -2.12. The fraction of sp³-hybridized carbons (Fsp3) is 0.318. The van der Waals surface area contributed by atoms with Gasteiger partial charge in [0.1, 0.15) is 11.0 Å². The van der Waals surface area contributed by atoms with Crippen molar-refractivity contribution >= 4 is 34.4 Å². The second-order valence-corrected chi connectivity index (χ2v) is 7.81. The highest BCUT2D eigenvalue weighted by Gasteiger charge is 2.32. The second kappa shape index (κ2) is 10.7. The highest BCUT2D eigenvalue weighted by molar-refractivity contribution is 8.15. The number of rotatable bonds is 9. The van der Waals surface area contributed by atoms with Crippen molar-refractivity contribution < 1.29 is 14.3 Å². The predicted molar refractivity (Wildman–Crippen MR) is 117 cm³/mol. The van der Waals surface area contributed by atoms with Crippen molar-refractivity contribution in [1.29, 1.82) is 0 Å². The summed E-state index contributed by atoms with van der Waals surface area (Å²) in [4.78, 5) is 29.1. The molecule has 3 rings (SSSR count). The van der Waals surface area contributed by atoms with E-state index in [1.165, 1.54) is 17.3 Å². The average Bonchev–Trinajstić information content (AvgIpc) is 3.07. The standard InChI is InChI=1S/C22H25N3O3S/c1-2-14-28-18-11-7-6-10-17(18)24-20(26)15-19-21(27)25-22(29-19)23-13-12-16-8-4-3-5-9-16/h3-11,19H,2,12-15H2,1H3,(H,24,26)(H,23,25,27)/t19-/m0/s1. The van der Waals surface area contributed by atoms with Crippen molar-refractivity contribution in [1.82, 2.24) is 5.32 Å². The lowest BCUT2D eigenvalue weighted by atomic mass is 10.2. The van der Waals surface area contributed by atoms with Crippen LogP contribution in [0.1, 0.15) is 25.3 Å². The third kappa shape index (κ3) is 6.35. The summed E-state index contributed by atoms with van der Waals surface area (Å²) in [7, 11) is 0. The molecule has 6 nitrogen and oxygen atoms in total. The molecule has 0 aliphatic carbocycles. The Morgan fingerprint density at radius 3 is 2.72 bits per heavy atom. The molecule has 1 aliphatic rings. The Labute approximate surface area is 175 Å². The van der Waals surface area contributed by atoms with Crippen molar-refractivity contribution in [2.45, 2.75) is 31.4 Å². The topological polar surface area (TPSA) is 79.8 Å². The number of para-hydroxylation sites is 2. The molecule has 0 saturated carbocycles. The first kappa shape index (κ1) is 20.9. The number of amides is 2. The SMILES string of the molecule is CCCOc1ccccc1NC(=O)C[C@@H]1SC(=NCCc2ccccc2)NC1=O. The molecule has 1 aliphatic heterocycles. The van der Waals surface area contributed by atoms with E-state index in [2.05, 4.69) is 27.8 Å². The molecule has 2 amide bonds. The molecule has 1 atom stereocenters. The van der Waals surface area contributed by atoms with Crippen LogP contribution in [0, 0.1) is 0 Å². The number of carbonyl (C=O) groups is 2. The van der Waals surface area contributed by atoms with E-state index in [9.17, 15) is 9.59 Å². The number of ether oxygens (including phenoxy) is 1. The third-order valence-corrected chi connectivity index (χ3v) is 5.39. The van der Waals surface area contributed by atoms with Crippen LogP contribution in [0.25, 0.3) is 0 Å². The van der Waals surface area contributed by atoms with Gasteiger partial charge in [0.25, 0.3) is 0 Å². The number of carbonyl (C=O) groups excluding carboxylic acids is 2. The molecule has 1 heterocycles. The zero-order valence-electron chi connectivity index (χ0n) is 16.4. The van der Waals surface area contributed by atoms with E-state index >= 15 is 0 Å². The summed E-state index contributed by atoms with van der Waals surface area (Å²) in [5.74, 6) is 0.226. The molecule has 1 fully saturated rings. The first-order valence-corrected chi connectivity index (χ1v) is 10.6. The molecule has 2 aromatic carbocycles. The fourth-order valence-electron chi connectivity index (χ4n) is 2.82. The third-order valence-electron chi connectivity index (χ3n) is 4.27. The lowest BCUT2D eigenvalue weighted by Crippen LogP contribution is -2.28. The van der Waals surface area contributed by atoms with Gasteiger partial charge in [-0.15, -0.1) is 0 Å². The predicted octanol–water partition coefficient (Wildman–Crippen LogP) is 3.63. The maximum absolute atomic E-state index is 12.4. The monoisotopic (exact) mass is 411 g/mol. The van der Waals surface area contributed by atoms with Crippen LogP contribution >= 0.6 is 11.8 Å². The number of hydrogen-bond donors (Lipinski definition) is 2. The average molecular weight is 412 g/mol. The van der Waals surface area contributed by atoms with Gasteiger partial charge in [-0.2, -0.15) is 0 Å². The van der Waals surface area contributed by atoms with E-state index in [1.54, 1.807) is 6.07 Å². The lowest BCUT2D eigenvalue weighted by molar-refractivity contribution is -0.122. The van der Waals surface area contributed by atoms with Crippen LogP contribution in [0.4, 0.5) is 5.69 Å². The van der Waals surface area contributed by atoms with Crippen LogP contribution in [-0.4, -0.2) is 35.4 Å². The number of benzene rings is 2. The van der Waals surface area contributed by atoms with Crippen LogP contribution in [0.2, 0.25) is 0 Å². The van der Waals surface area contributed by atoms with Gasteiger partial charge in [0.15, 0.2) is 5.17 Å². The molecule has 0 bridgehead atoms. The van der Waals surface area contributed by atoms with Gasteiger partial charge in [0.05, 0.1) is 12.3 Å². The maximum atomic E-state index is 12.4. The summed E-state index contributed by atoms with van der Waals surface area (Å²) in [6, 6.07) is 17.4. The highest BCUT2D eigenvalue weighted by Crippen LogP contribution is 2.26. The second-order valence-electron chi connectivity index (χ2n) is 6.62. The molecule has 0 aromatic heterocycles. The smallest absolute Gasteiger partial charge is 0.240 e. The molecule has 0 radical (unpaired) electrons. The van der Waals surface area contributed by atoms with E-state index in [0.29, 0.717) is 29.8 Å². The molecular weight excluding hydrogens is 386 g/mol. The van der Waals surface area contributed by atoms with Crippen LogP contribution < -0.4 is 15.4 Å². The van der Waals surface area contributed by atoms with Crippen molar-refractivity contribution in [2.24, 2.45) is 4.99 Å². The quantitative estimate of drug-likeness (QED) is 0.660. The zero-order chi connectivity index (χ0) is 20.5. The maximum Gasteiger partial charge on any atom is 0.240 e. The van der Waals surface area contributed by atoms with Gasteiger partial charge in [-0.25, -0.2) is 0 Å². The highest BCUT2D eigenvalue weighted by atomic mass is 32.2. The van der Waals surface area contributed by atoms with Gasteiger partial charge < -0.3 is 15.4 Å². The number of nitrogens with one attached hydrogen (secondary N) is 2. The largest absolute Gasteiger partial charge is 0.491 e. The number of aliphatic imine (C=N–C) groups is 1. The minimum atomic E-state index is -0.478. The molecule has 7 heteroatoms. The number of nitrogens with zero attached hydrogens (tertiary/aromatic N) is 1. The van der Waals surface area contributed by atoms with Gasteiger partial charge in [-0.05, 0) is 30.5 Å². The summed E-state index contributed by atoms with van der Waals surface area (Å²) in [6.07, 6.45) is 1.77. The molecule has 0 spiro atoms. The molecule has 29 heavy (non-hydrogen) atoms. The fourth-order valence-corrected chi connectivity index (χ4v) is 3.82. The van der Waals surface area contributed by atoms with Crippen LogP contribution in [-0.2, 0) is 16.0 Å². The Morgan fingerprint density at radius 2 is 1.93 bits per heavy atom. The number of anilines is 1. The Kier molecular flexibility index (Phi) is 7.69. The Balaban J connectivity index is 1.51. The van der Waals surface area contributed by atoms with E-state index in [0.717, 1.165) is 12.8 Å². The molecule has 2 aromatic rings. The van der Waals surface area contributed by atoms with Crippen LogP contribution in [0.5, 0.6) is 5.75 Å². The zero-order valence-corrected chi connectivity index (χ0v) is 17.2. The number of amidine groups is 1. The van der Waals surface area contributed by atoms with Crippen LogP contribution in [0.15, 0.2) is 59.6 Å². The normalized spacial score (nSPS) is 17.2. The molecule has 152 valence electrons. The van der Waals surface area contributed by atoms with Crippen molar-refractivity contribution in [2.75, 3.05) is 18.5 Å². The number of thioether (sulfide) groups is 1. The molecular formula is C22H25N3O3S. The summed E-state index contributed by atoms with van der Waals surface area (Å²) < 4.78 is 5.66. The summed E-state index contributed by atoms with van der Waals surface area (Å²) in [6.45, 7) is 3.19. The Morgan fingerprint density at radius 1 is 1.17 bits per heavy atom. The Bertz CT molecular complexity index is 871. The minimum absolute atomic E-state index is 0.0797. The van der Waals surface area contributed by atoms with Gasteiger partial charge in [-0.1, -0.05) is 61.2 Å². The van der Waals surface area contributed by atoms with E-state index in [4.69, 9.17) is 4.74 Å². The van der Waals surface area contributed by atoms with E-state index in [-0.39, 0.29) is 18.2 Å². The van der Waals surface area contributed by atoms with Crippen molar-refractivity contribution in [3.63, 3.8) is 0 Å². The van der Waals surface area contributed by atoms with Gasteiger partial charge in [0, 0.05) is 13.0 Å². The van der Waals surface area contributed by atoms with Crippen LogP contribution in [0.3, 0.4) is 0 Å². The van der Waals surface area contributed by atoms with Crippen molar-refractivity contribution in [3.8, 4) is 5.75 Å². The first-order chi connectivity index (χ1) is 14.2. The van der Waals surface area contributed by atoms with E-state index in [1.807, 2.05) is 43.3 Å². The summed E-state index contributed by atoms with van der Waals surface area (Å²) in [5, 5.41) is 5.72. The van der Waals surface area contributed by atoms with E-state index < -0.39 is 5.25 Å². The summed E-state index contributed by atoms with van der Waals surface area (Å²) in [5.41, 5.74) is 1.82. The van der Waals surface area contributed by atoms with Gasteiger partial charge >= 0.3 is 0 Å². The molecule has 1 saturated heterocycles. The molecule has 0 unspecified atom stereocenters. The minimum Gasteiger partial charge on any atom is -0.491 e. The first-order valence-electron chi connectivity index (χ1n) is 9.73. The van der Waals surface area contributed by atoms with Gasteiger partial charge in [-0.3, -0.25) is 14.6 Å². The molecule has 2 N–H and O–H groups in total. The number of hydrogen-bond acceptors (Lipinski definition) is 5. The Hall–Kier alpha value is -2.80. The van der Waals surface area contributed by atoms with Crippen molar-refractivity contribution in [3.05, 3.63) is 60.2 Å². The van der Waals surface area contributed by atoms with Gasteiger partial charge in [0.2, 0.25) is 11.8 Å². The summed E-state index contributed by atoms with van der Waals surface area (Å²) >= 11 is 1.31.